The zero-order valence-electron chi connectivity index (χ0n) is 18.2. The normalized spacial score (nSPS) is 20.8. The average Bonchev–Trinajstić information content (AvgIpc) is 3.46. The Morgan fingerprint density at radius 2 is 1.79 bits per heavy atom. The van der Waals surface area contributed by atoms with Crippen molar-refractivity contribution in [3.63, 3.8) is 0 Å². The zero-order chi connectivity index (χ0) is 20.1. The number of hydrogen-bond acceptors (Lipinski definition) is 3. The van der Waals surface area contributed by atoms with Gasteiger partial charge in [0.1, 0.15) is 5.82 Å². The Hall–Kier alpha value is -0.930. The average molecular weight is 517 g/mol. The fraction of sp³-hybridized carbons (Fsp3) is 0.682. The van der Waals surface area contributed by atoms with E-state index in [1.54, 1.807) is 19.2 Å². The summed E-state index contributed by atoms with van der Waals surface area (Å²) >= 11 is 0. The van der Waals surface area contributed by atoms with E-state index in [0.717, 1.165) is 57.1 Å². The Bertz CT molecular complexity index is 669. The third-order valence-corrected chi connectivity index (χ3v) is 6.37. The highest BCUT2D eigenvalue weighted by atomic mass is 127. The SMILES string of the molecule is CN=C(NCC(C(C)C)N1CCN(C)CC1)NCC1(c2ccccc2F)CC1.I. The number of likely N-dealkylation sites (N-methyl/N-ethyl adjacent to an activating group) is 1. The van der Waals surface area contributed by atoms with Crippen molar-refractivity contribution in [1.29, 1.82) is 0 Å². The summed E-state index contributed by atoms with van der Waals surface area (Å²) in [6.45, 7) is 10.6. The summed E-state index contributed by atoms with van der Waals surface area (Å²) in [6.07, 6.45) is 2.04. The van der Waals surface area contributed by atoms with E-state index in [2.05, 4.69) is 46.3 Å². The van der Waals surface area contributed by atoms with Crippen LogP contribution in [0.5, 0.6) is 0 Å². The van der Waals surface area contributed by atoms with Crippen LogP contribution in [-0.2, 0) is 5.41 Å². The van der Waals surface area contributed by atoms with Crippen molar-refractivity contribution < 1.29 is 4.39 Å². The summed E-state index contributed by atoms with van der Waals surface area (Å²) in [6, 6.07) is 7.64. The predicted octanol–water partition coefficient (Wildman–Crippen LogP) is 2.91. The van der Waals surface area contributed by atoms with Crippen molar-refractivity contribution in [1.82, 2.24) is 20.4 Å². The monoisotopic (exact) mass is 517 g/mol. The maximum absolute atomic E-state index is 14.2. The summed E-state index contributed by atoms with van der Waals surface area (Å²) in [4.78, 5) is 9.38. The molecule has 1 unspecified atom stereocenters. The maximum atomic E-state index is 14.2. The molecule has 1 aromatic rings. The number of nitrogens with one attached hydrogen (secondary N) is 2. The quantitative estimate of drug-likeness (QED) is 0.332. The van der Waals surface area contributed by atoms with E-state index in [4.69, 9.17) is 0 Å². The number of aliphatic imine (C=N–C) groups is 1. The lowest BCUT2D eigenvalue weighted by atomic mass is 9.95. The topological polar surface area (TPSA) is 42.9 Å². The minimum absolute atomic E-state index is 0. The fourth-order valence-electron chi connectivity index (χ4n) is 4.20. The first-order valence-corrected chi connectivity index (χ1v) is 10.6. The molecule has 7 heteroatoms. The molecule has 1 aromatic carbocycles. The smallest absolute Gasteiger partial charge is 0.191 e. The van der Waals surface area contributed by atoms with Gasteiger partial charge < -0.3 is 15.5 Å². The molecule has 1 atom stereocenters. The summed E-state index contributed by atoms with van der Waals surface area (Å²) in [5.74, 6) is 1.28. The van der Waals surface area contributed by atoms with Crippen LogP contribution in [0.2, 0.25) is 0 Å². The van der Waals surface area contributed by atoms with E-state index in [0.29, 0.717) is 18.5 Å². The van der Waals surface area contributed by atoms with Gasteiger partial charge >= 0.3 is 0 Å². The van der Waals surface area contributed by atoms with Gasteiger partial charge in [0.25, 0.3) is 0 Å². The molecule has 29 heavy (non-hydrogen) atoms. The van der Waals surface area contributed by atoms with Crippen molar-refractivity contribution in [3.05, 3.63) is 35.6 Å². The van der Waals surface area contributed by atoms with Gasteiger partial charge in [-0.3, -0.25) is 9.89 Å². The molecule has 2 fully saturated rings. The predicted molar refractivity (Wildman–Crippen MR) is 130 cm³/mol. The molecule has 0 bridgehead atoms. The van der Waals surface area contributed by atoms with Gasteiger partial charge in [0, 0.05) is 57.8 Å². The summed E-state index contributed by atoms with van der Waals surface area (Å²) in [7, 11) is 3.99. The standard InChI is InChI=1S/C22H36FN5.HI/c1-17(2)20(28-13-11-27(4)12-14-28)15-25-21(24-3)26-16-22(9-10-22)18-7-5-6-8-19(18)23;/h5-8,17,20H,9-16H2,1-4H3,(H2,24,25,26);1H. The van der Waals surface area contributed by atoms with Crippen molar-refractivity contribution in [2.24, 2.45) is 10.9 Å². The Balaban J connectivity index is 0.00000300. The van der Waals surface area contributed by atoms with E-state index < -0.39 is 0 Å². The van der Waals surface area contributed by atoms with Crippen LogP contribution in [-0.4, -0.2) is 75.2 Å². The Morgan fingerprint density at radius 1 is 1.14 bits per heavy atom. The Labute approximate surface area is 192 Å². The Morgan fingerprint density at radius 3 is 2.34 bits per heavy atom. The van der Waals surface area contributed by atoms with Crippen molar-refractivity contribution in [2.75, 3.05) is 53.4 Å². The van der Waals surface area contributed by atoms with Crippen LogP contribution < -0.4 is 10.6 Å². The van der Waals surface area contributed by atoms with Gasteiger partial charge in [0.2, 0.25) is 0 Å². The van der Waals surface area contributed by atoms with Gasteiger partial charge in [0.05, 0.1) is 0 Å². The first kappa shape index (κ1) is 24.3. The van der Waals surface area contributed by atoms with Crippen LogP contribution in [0.25, 0.3) is 0 Å². The minimum atomic E-state index is -0.0975. The first-order chi connectivity index (χ1) is 13.4. The van der Waals surface area contributed by atoms with Crippen molar-refractivity contribution >= 4 is 29.9 Å². The van der Waals surface area contributed by atoms with E-state index in [1.807, 2.05) is 12.1 Å². The summed E-state index contributed by atoms with van der Waals surface area (Å²) in [5.41, 5.74) is 0.744. The van der Waals surface area contributed by atoms with Crippen LogP contribution in [0.15, 0.2) is 29.3 Å². The van der Waals surface area contributed by atoms with Crippen molar-refractivity contribution in [3.8, 4) is 0 Å². The molecule has 1 saturated carbocycles. The van der Waals surface area contributed by atoms with Crippen molar-refractivity contribution in [2.45, 2.75) is 38.1 Å². The van der Waals surface area contributed by atoms with Crippen LogP contribution >= 0.6 is 24.0 Å². The number of rotatable bonds is 7. The number of nitrogens with zero attached hydrogens (tertiary/aromatic N) is 3. The lowest BCUT2D eigenvalue weighted by molar-refractivity contribution is 0.0900. The van der Waals surface area contributed by atoms with E-state index in [-0.39, 0.29) is 35.2 Å². The number of guanidine groups is 1. The molecule has 5 nitrogen and oxygen atoms in total. The minimum Gasteiger partial charge on any atom is -0.356 e. The van der Waals surface area contributed by atoms with Crippen LogP contribution in [0.4, 0.5) is 4.39 Å². The van der Waals surface area contributed by atoms with Gasteiger partial charge in [0.15, 0.2) is 5.96 Å². The molecule has 1 aliphatic heterocycles. The van der Waals surface area contributed by atoms with Gasteiger partial charge in [-0.2, -0.15) is 0 Å². The third kappa shape index (κ3) is 6.28. The second-order valence-electron chi connectivity index (χ2n) is 8.72. The molecular formula is C22H37FIN5. The molecule has 1 aliphatic carbocycles. The molecule has 0 aromatic heterocycles. The maximum Gasteiger partial charge on any atom is 0.191 e. The third-order valence-electron chi connectivity index (χ3n) is 6.37. The van der Waals surface area contributed by atoms with Gasteiger partial charge in [-0.05, 0) is 37.4 Å². The van der Waals surface area contributed by atoms with E-state index in [1.165, 1.54) is 0 Å². The highest BCUT2D eigenvalue weighted by Gasteiger charge is 2.45. The lowest BCUT2D eigenvalue weighted by Gasteiger charge is -2.40. The zero-order valence-corrected chi connectivity index (χ0v) is 20.6. The van der Waals surface area contributed by atoms with E-state index in [9.17, 15) is 4.39 Å². The fourth-order valence-corrected chi connectivity index (χ4v) is 4.20. The van der Waals surface area contributed by atoms with Gasteiger partial charge in [-0.25, -0.2) is 4.39 Å². The summed E-state index contributed by atoms with van der Waals surface area (Å²) in [5, 5.41) is 6.96. The largest absolute Gasteiger partial charge is 0.356 e. The number of piperazine rings is 1. The van der Waals surface area contributed by atoms with Crippen LogP contribution in [0.1, 0.15) is 32.3 Å². The number of hydrogen-bond donors (Lipinski definition) is 2. The second kappa shape index (κ2) is 10.9. The molecule has 0 radical (unpaired) electrons. The van der Waals surface area contributed by atoms with E-state index >= 15 is 0 Å². The number of benzene rings is 1. The molecular weight excluding hydrogens is 480 g/mol. The molecule has 0 amide bonds. The molecule has 3 rings (SSSR count). The number of halogens is 2. The highest BCUT2D eigenvalue weighted by Crippen LogP contribution is 2.48. The van der Waals surface area contributed by atoms with Crippen LogP contribution in [0.3, 0.4) is 0 Å². The first-order valence-electron chi connectivity index (χ1n) is 10.6. The molecule has 164 valence electrons. The highest BCUT2D eigenvalue weighted by molar-refractivity contribution is 14.0. The lowest BCUT2D eigenvalue weighted by Crippen LogP contribution is -2.55. The molecule has 2 N–H and O–H groups in total. The molecule has 0 spiro atoms. The van der Waals surface area contributed by atoms with Gasteiger partial charge in [-0.15, -0.1) is 24.0 Å². The summed E-state index contributed by atoms with van der Waals surface area (Å²) < 4.78 is 14.2. The van der Waals surface area contributed by atoms with Crippen LogP contribution in [0, 0.1) is 11.7 Å². The molecule has 2 aliphatic rings. The molecule has 1 heterocycles. The van der Waals surface area contributed by atoms with Gasteiger partial charge in [-0.1, -0.05) is 32.0 Å². The Kier molecular flexibility index (Phi) is 9.15. The molecule has 1 saturated heterocycles. The second-order valence-corrected chi connectivity index (χ2v) is 8.72.